The van der Waals surface area contributed by atoms with Crippen molar-refractivity contribution in [1.29, 1.82) is 0 Å². The highest BCUT2D eigenvalue weighted by Gasteiger charge is 2.31. The maximum Gasteiger partial charge on any atom is 0.254 e. The van der Waals surface area contributed by atoms with Gasteiger partial charge in [-0.05, 0) is 35.2 Å². The van der Waals surface area contributed by atoms with Crippen molar-refractivity contribution in [3.63, 3.8) is 0 Å². The molecule has 1 aliphatic heterocycles. The van der Waals surface area contributed by atoms with E-state index < -0.39 is 17.3 Å². The molecule has 3 aromatic carbocycles. The summed E-state index contributed by atoms with van der Waals surface area (Å²) in [5.74, 6) is 0.348. The molecule has 4 nitrogen and oxygen atoms in total. The lowest BCUT2D eigenvalue weighted by molar-refractivity contribution is -0.124. The van der Waals surface area contributed by atoms with Crippen LogP contribution in [0, 0.1) is 0 Å². The van der Waals surface area contributed by atoms with Crippen LogP contribution in [0.2, 0.25) is 0 Å². The Morgan fingerprint density at radius 3 is 2.48 bits per heavy atom. The number of benzene rings is 3. The first-order chi connectivity index (χ1) is 12.2. The van der Waals surface area contributed by atoms with Gasteiger partial charge in [-0.1, -0.05) is 36.4 Å². The summed E-state index contributed by atoms with van der Waals surface area (Å²) in [7, 11) is 1.61. The summed E-state index contributed by atoms with van der Waals surface area (Å²) >= 11 is 1.51. The molecule has 1 aliphatic rings. The number of hydrogen-bond donors (Lipinski definition) is 2. The highest BCUT2D eigenvalue weighted by molar-refractivity contribution is 7.99. The molecular weight excluding hydrogens is 334 g/mol. The third kappa shape index (κ3) is 2.86. The molecule has 0 spiro atoms. The number of thioether (sulfide) groups is 1. The molecule has 25 heavy (non-hydrogen) atoms. The maximum atomic E-state index is 12.5. The molecule has 5 heteroatoms. The first-order valence-corrected chi connectivity index (χ1v) is 8.86. The Hall–Kier alpha value is -2.50. The topological polar surface area (TPSA) is 58.6 Å². The van der Waals surface area contributed by atoms with Gasteiger partial charge in [0.1, 0.15) is 11.9 Å². The largest absolute Gasteiger partial charge is 0.497 e. The Morgan fingerprint density at radius 1 is 1.04 bits per heavy atom. The van der Waals surface area contributed by atoms with E-state index >= 15 is 0 Å². The van der Waals surface area contributed by atoms with Crippen molar-refractivity contribution in [3.05, 3.63) is 66.2 Å². The summed E-state index contributed by atoms with van der Waals surface area (Å²) in [6.07, 6.45) is -1.15. The Kier molecular flexibility index (Phi) is 4.11. The van der Waals surface area contributed by atoms with E-state index in [1.54, 1.807) is 7.11 Å². The Labute approximate surface area is 149 Å². The predicted octanol–water partition coefficient (Wildman–Crippen LogP) is 3.99. The molecular formula is C20H17NO3S. The number of nitrogens with one attached hydrogen (secondary N) is 1. The van der Waals surface area contributed by atoms with Crippen LogP contribution < -0.4 is 10.1 Å². The maximum absolute atomic E-state index is 12.5. The zero-order valence-electron chi connectivity index (χ0n) is 13.6. The molecule has 0 unspecified atom stereocenters. The fourth-order valence-electron chi connectivity index (χ4n) is 3.10. The van der Waals surface area contributed by atoms with Crippen molar-refractivity contribution in [1.82, 2.24) is 0 Å². The number of hydrogen-bond acceptors (Lipinski definition) is 4. The Morgan fingerprint density at radius 2 is 1.76 bits per heavy atom. The standard InChI is InChI=1S/C20H17NO3S/c1-24-14-10-8-13(9-11-14)19-18(22)20(23)21-15-6-2-4-12-5-3-7-16(25-19)17(12)15/h2-11,18-19,22H,1H3,(H,21,23)/t18-,19-/m1/s1. The van der Waals surface area contributed by atoms with Crippen LogP contribution in [0.3, 0.4) is 0 Å². The zero-order valence-corrected chi connectivity index (χ0v) is 14.4. The molecule has 0 fully saturated rings. The summed E-state index contributed by atoms with van der Waals surface area (Å²) in [6, 6.07) is 19.3. The Balaban J connectivity index is 1.84. The van der Waals surface area contributed by atoms with Crippen LogP contribution in [-0.4, -0.2) is 24.2 Å². The van der Waals surface area contributed by atoms with Gasteiger partial charge in [0.15, 0.2) is 0 Å². The number of carbonyl (C=O) groups is 1. The van der Waals surface area contributed by atoms with Gasteiger partial charge in [-0.15, -0.1) is 11.8 Å². The minimum absolute atomic E-state index is 0.393. The quantitative estimate of drug-likeness (QED) is 0.733. The number of aliphatic hydroxyl groups is 1. The van der Waals surface area contributed by atoms with E-state index in [1.807, 2.05) is 60.7 Å². The predicted molar refractivity (Wildman–Crippen MR) is 100 cm³/mol. The minimum Gasteiger partial charge on any atom is -0.497 e. The second-order valence-corrected chi connectivity index (χ2v) is 7.09. The third-order valence-corrected chi connectivity index (χ3v) is 5.76. The summed E-state index contributed by atoms with van der Waals surface area (Å²) in [4.78, 5) is 13.6. The number of amides is 1. The van der Waals surface area contributed by atoms with Crippen LogP contribution in [0.15, 0.2) is 65.6 Å². The second kappa shape index (κ2) is 6.43. The molecule has 0 saturated heterocycles. The molecule has 3 aromatic rings. The van der Waals surface area contributed by atoms with Crippen molar-refractivity contribution >= 4 is 34.1 Å². The van der Waals surface area contributed by atoms with E-state index in [4.69, 9.17) is 4.74 Å². The molecule has 0 aromatic heterocycles. The van der Waals surface area contributed by atoms with Crippen LogP contribution in [0.4, 0.5) is 5.69 Å². The van der Waals surface area contributed by atoms with Gasteiger partial charge in [0.05, 0.1) is 12.4 Å². The summed E-state index contributed by atoms with van der Waals surface area (Å²) < 4.78 is 5.19. The molecule has 0 bridgehead atoms. The first kappa shape index (κ1) is 16.0. The van der Waals surface area contributed by atoms with Gasteiger partial charge >= 0.3 is 0 Å². The van der Waals surface area contributed by atoms with Gasteiger partial charge in [0, 0.05) is 16.0 Å². The van der Waals surface area contributed by atoms with Crippen molar-refractivity contribution in [2.24, 2.45) is 0 Å². The van der Waals surface area contributed by atoms with Gasteiger partial charge < -0.3 is 15.2 Å². The molecule has 0 aliphatic carbocycles. The fraction of sp³-hybridized carbons (Fsp3) is 0.150. The summed E-state index contributed by atoms with van der Waals surface area (Å²) in [5.41, 5.74) is 1.61. The van der Waals surface area contributed by atoms with E-state index in [-0.39, 0.29) is 0 Å². The highest BCUT2D eigenvalue weighted by atomic mass is 32.2. The second-order valence-electron chi connectivity index (χ2n) is 5.91. The van der Waals surface area contributed by atoms with E-state index in [9.17, 15) is 9.90 Å². The van der Waals surface area contributed by atoms with Crippen LogP contribution in [-0.2, 0) is 4.79 Å². The molecule has 1 heterocycles. The normalized spacial score (nSPS) is 19.8. The van der Waals surface area contributed by atoms with Crippen molar-refractivity contribution in [2.45, 2.75) is 16.2 Å². The van der Waals surface area contributed by atoms with Crippen LogP contribution in [0.1, 0.15) is 10.8 Å². The van der Waals surface area contributed by atoms with Crippen molar-refractivity contribution in [3.8, 4) is 5.75 Å². The van der Waals surface area contributed by atoms with Crippen molar-refractivity contribution in [2.75, 3.05) is 12.4 Å². The zero-order chi connectivity index (χ0) is 17.4. The third-order valence-electron chi connectivity index (χ3n) is 4.38. The molecule has 126 valence electrons. The fourth-order valence-corrected chi connectivity index (χ4v) is 4.42. The monoisotopic (exact) mass is 351 g/mol. The van der Waals surface area contributed by atoms with Gasteiger partial charge in [0.25, 0.3) is 5.91 Å². The van der Waals surface area contributed by atoms with Gasteiger partial charge in [-0.3, -0.25) is 4.79 Å². The Bertz CT molecular complexity index is 934. The molecule has 0 radical (unpaired) electrons. The number of ether oxygens (including phenoxy) is 1. The molecule has 2 atom stereocenters. The summed E-state index contributed by atoms with van der Waals surface area (Å²) in [6.45, 7) is 0. The van der Waals surface area contributed by atoms with E-state index in [1.165, 1.54) is 11.8 Å². The van der Waals surface area contributed by atoms with Crippen LogP contribution in [0.5, 0.6) is 5.75 Å². The van der Waals surface area contributed by atoms with Gasteiger partial charge in [-0.25, -0.2) is 0 Å². The van der Waals surface area contributed by atoms with Gasteiger partial charge in [0.2, 0.25) is 0 Å². The van der Waals surface area contributed by atoms with E-state index in [0.29, 0.717) is 0 Å². The lowest BCUT2D eigenvalue weighted by Gasteiger charge is -2.26. The molecule has 2 N–H and O–H groups in total. The van der Waals surface area contributed by atoms with Crippen LogP contribution >= 0.6 is 11.8 Å². The van der Waals surface area contributed by atoms with E-state index in [0.717, 1.165) is 32.7 Å². The minimum atomic E-state index is -1.15. The molecule has 1 amide bonds. The lowest BCUT2D eigenvalue weighted by Crippen LogP contribution is -2.33. The average Bonchev–Trinajstić information content (AvgIpc) is 2.65. The number of aliphatic hydroxyl groups excluding tert-OH is 1. The SMILES string of the molecule is COc1ccc([C@H]2Sc3cccc4cccc(c34)NC(=O)[C@@H]2O)cc1. The molecule has 0 saturated carbocycles. The number of carbonyl (C=O) groups excluding carboxylic acids is 1. The molecule has 4 rings (SSSR count). The first-order valence-electron chi connectivity index (χ1n) is 7.98. The van der Waals surface area contributed by atoms with E-state index in [2.05, 4.69) is 5.32 Å². The van der Waals surface area contributed by atoms with Crippen molar-refractivity contribution < 1.29 is 14.6 Å². The average molecular weight is 351 g/mol. The smallest absolute Gasteiger partial charge is 0.254 e. The lowest BCUT2D eigenvalue weighted by atomic mass is 10.0. The summed E-state index contributed by atoms with van der Waals surface area (Å²) in [5, 5.41) is 15.2. The highest BCUT2D eigenvalue weighted by Crippen LogP contribution is 2.44. The van der Waals surface area contributed by atoms with Crippen LogP contribution in [0.25, 0.3) is 10.8 Å². The number of methoxy groups -OCH3 is 1. The van der Waals surface area contributed by atoms with Gasteiger partial charge in [-0.2, -0.15) is 0 Å². The number of anilines is 1. The number of rotatable bonds is 2.